The lowest BCUT2D eigenvalue weighted by Gasteiger charge is -2.25. The Morgan fingerprint density at radius 1 is 1.03 bits per heavy atom. The average Bonchev–Trinajstić information content (AvgIpc) is 3.04. The van der Waals surface area contributed by atoms with Gasteiger partial charge in [0.15, 0.2) is 0 Å². The van der Waals surface area contributed by atoms with E-state index >= 15 is 0 Å². The minimum absolute atomic E-state index is 0.0285. The summed E-state index contributed by atoms with van der Waals surface area (Å²) in [6.45, 7) is 1.07. The zero-order valence-electron chi connectivity index (χ0n) is 19.1. The fourth-order valence-electron chi connectivity index (χ4n) is 3.71. The second-order valence-electron chi connectivity index (χ2n) is 8.24. The molecule has 176 valence electrons. The number of benzene rings is 1. The summed E-state index contributed by atoms with van der Waals surface area (Å²) in [4.78, 5) is 33.4. The summed E-state index contributed by atoms with van der Waals surface area (Å²) in [5.41, 5.74) is 0.875. The van der Waals surface area contributed by atoms with E-state index in [1.807, 2.05) is 19.0 Å². The van der Waals surface area contributed by atoms with E-state index in [2.05, 4.69) is 4.98 Å². The first-order valence-corrected chi connectivity index (χ1v) is 11.9. The molecular weight excluding hydrogens is 444 g/mol. The summed E-state index contributed by atoms with van der Waals surface area (Å²) < 4.78 is 25.7. The quantitative estimate of drug-likeness (QED) is 0.354. The third-order valence-electron chi connectivity index (χ3n) is 5.47. The highest BCUT2D eigenvalue weighted by molar-refractivity contribution is 7.89. The van der Waals surface area contributed by atoms with Crippen LogP contribution in [0.25, 0.3) is 5.76 Å². The van der Waals surface area contributed by atoms with Crippen molar-refractivity contribution in [2.75, 3.05) is 41.3 Å². The van der Waals surface area contributed by atoms with Gasteiger partial charge >= 0.3 is 0 Å². The van der Waals surface area contributed by atoms with Crippen molar-refractivity contribution < 1.29 is 23.1 Å². The predicted molar refractivity (Wildman–Crippen MR) is 124 cm³/mol. The molecule has 0 spiro atoms. The van der Waals surface area contributed by atoms with Crippen LogP contribution in [0, 0.1) is 0 Å². The number of carbonyl (C=O) groups is 2. The molecule has 1 atom stereocenters. The highest BCUT2D eigenvalue weighted by atomic mass is 32.2. The van der Waals surface area contributed by atoms with E-state index in [1.165, 1.54) is 43.3 Å². The fourth-order valence-corrected chi connectivity index (χ4v) is 4.61. The van der Waals surface area contributed by atoms with E-state index in [-0.39, 0.29) is 21.8 Å². The number of amides is 1. The number of aliphatic hydroxyl groups is 1. The van der Waals surface area contributed by atoms with Crippen molar-refractivity contribution in [3.8, 4) is 0 Å². The monoisotopic (exact) mass is 472 g/mol. The summed E-state index contributed by atoms with van der Waals surface area (Å²) in [7, 11) is 3.06. The van der Waals surface area contributed by atoms with Gasteiger partial charge in [-0.05, 0) is 69.0 Å². The van der Waals surface area contributed by atoms with Gasteiger partial charge in [-0.25, -0.2) is 12.7 Å². The minimum atomic E-state index is -3.64. The number of pyridine rings is 1. The molecule has 1 saturated heterocycles. The second-order valence-corrected chi connectivity index (χ2v) is 10.4. The SMILES string of the molecule is CN(C)CCCN1C(=O)C(=O)/C(=C(/O)c2ccc(S(=O)(=O)N(C)C)cc2)[C@H]1c1ccncc1. The van der Waals surface area contributed by atoms with Crippen molar-refractivity contribution in [3.63, 3.8) is 0 Å². The van der Waals surface area contributed by atoms with Crippen molar-refractivity contribution >= 4 is 27.5 Å². The Kier molecular flexibility index (Phi) is 7.31. The molecule has 33 heavy (non-hydrogen) atoms. The molecule has 1 N–H and O–H groups in total. The first-order chi connectivity index (χ1) is 15.6. The molecule has 1 aliphatic heterocycles. The van der Waals surface area contributed by atoms with Gasteiger partial charge in [0.25, 0.3) is 11.7 Å². The second kappa shape index (κ2) is 9.82. The Morgan fingerprint density at radius 3 is 2.18 bits per heavy atom. The summed E-state index contributed by atoms with van der Waals surface area (Å²) >= 11 is 0. The highest BCUT2D eigenvalue weighted by Crippen LogP contribution is 2.39. The molecule has 0 saturated carbocycles. The smallest absolute Gasteiger partial charge is 0.295 e. The number of carbonyl (C=O) groups excluding carboxylic acids is 2. The van der Waals surface area contributed by atoms with E-state index in [4.69, 9.17) is 0 Å². The van der Waals surface area contributed by atoms with Crippen LogP contribution in [0.15, 0.2) is 59.3 Å². The number of ketones is 1. The van der Waals surface area contributed by atoms with Gasteiger partial charge in [-0.15, -0.1) is 0 Å². The number of rotatable bonds is 8. The third-order valence-corrected chi connectivity index (χ3v) is 7.30. The lowest BCUT2D eigenvalue weighted by atomic mass is 9.96. The summed E-state index contributed by atoms with van der Waals surface area (Å²) in [5.74, 6) is -1.80. The van der Waals surface area contributed by atoms with Crippen LogP contribution in [0.4, 0.5) is 0 Å². The summed E-state index contributed by atoms with van der Waals surface area (Å²) in [6, 6.07) is 8.22. The van der Waals surface area contributed by atoms with Crippen molar-refractivity contribution in [2.24, 2.45) is 0 Å². The Hall–Kier alpha value is -3.08. The Balaban J connectivity index is 2.06. The van der Waals surface area contributed by atoms with E-state index in [0.29, 0.717) is 18.5 Å². The van der Waals surface area contributed by atoms with Crippen LogP contribution in [0.3, 0.4) is 0 Å². The maximum Gasteiger partial charge on any atom is 0.295 e. The molecule has 0 radical (unpaired) electrons. The van der Waals surface area contributed by atoms with Gasteiger partial charge in [0.2, 0.25) is 10.0 Å². The van der Waals surface area contributed by atoms with E-state index < -0.39 is 27.8 Å². The van der Waals surface area contributed by atoms with Gasteiger partial charge in [0.1, 0.15) is 5.76 Å². The molecule has 0 aliphatic carbocycles. The molecule has 1 fully saturated rings. The molecule has 1 aromatic carbocycles. The van der Waals surface area contributed by atoms with Crippen LogP contribution in [0.2, 0.25) is 0 Å². The van der Waals surface area contributed by atoms with Crippen LogP contribution in [-0.4, -0.2) is 85.6 Å². The lowest BCUT2D eigenvalue weighted by Crippen LogP contribution is -2.32. The van der Waals surface area contributed by atoms with E-state index in [1.54, 1.807) is 24.5 Å². The summed E-state index contributed by atoms with van der Waals surface area (Å²) in [5, 5.41) is 11.1. The molecule has 1 amide bonds. The van der Waals surface area contributed by atoms with Crippen LogP contribution in [-0.2, 0) is 19.6 Å². The van der Waals surface area contributed by atoms with Gasteiger partial charge in [0.05, 0.1) is 16.5 Å². The van der Waals surface area contributed by atoms with Gasteiger partial charge in [-0.1, -0.05) is 0 Å². The lowest BCUT2D eigenvalue weighted by molar-refractivity contribution is -0.139. The highest BCUT2D eigenvalue weighted by Gasteiger charge is 2.45. The van der Waals surface area contributed by atoms with Crippen molar-refractivity contribution in [2.45, 2.75) is 17.4 Å². The molecule has 0 bridgehead atoms. The summed E-state index contributed by atoms with van der Waals surface area (Å²) in [6.07, 6.45) is 3.78. The number of Topliss-reactive ketones (excluding diaryl/α,β-unsaturated/α-hetero) is 1. The van der Waals surface area contributed by atoms with Crippen molar-refractivity contribution in [1.29, 1.82) is 0 Å². The molecule has 0 unspecified atom stereocenters. The van der Waals surface area contributed by atoms with Crippen molar-refractivity contribution in [1.82, 2.24) is 19.1 Å². The number of sulfonamides is 1. The zero-order valence-corrected chi connectivity index (χ0v) is 19.9. The number of aliphatic hydroxyl groups excluding tert-OH is 1. The fraction of sp³-hybridized carbons (Fsp3) is 0.348. The van der Waals surface area contributed by atoms with Crippen LogP contribution in [0.1, 0.15) is 23.6 Å². The number of likely N-dealkylation sites (tertiary alicyclic amines) is 1. The Bertz CT molecular complexity index is 1160. The molecular formula is C23H28N4O5S. The largest absolute Gasteiger partial charge is 0.507 e. The minimum Gasteiger partial charge on any atom is -0.507 e. The van der Waals surface area contributed by atoms with Crippen LogP contribution < -0.4 is 0 Å². The first kappa shape index (κ1) is 24.6. The predicted octanol–water partition coefficient (Wildman–Crippen LogP) is 1.71. The van der Waals surface area contributed by atoms with Crippen LogP contribution >= 0.6 is 0 Å². The normalized spacial score (nSPS) is 18.5. The third kappa shape index (κ3) is 4.97. The number of aromatic nitrogens is 1. The van der Waals surface area contributed by atoms with Gasteiger partial charge in [0, 0.05) is 38.6 Å². The molecule has 1 aliphatic rings. The first-order valence-electron chi connectivity index (χ1n) is 10.4. The molecule has 2 heterocycles. The standard InChI is InChI=1S/C23H28N4O5S/c1-25(2)14-5-15-27-20(16-10-12-24-13-11-16)19(22(29)23(27)30)21(28)17-6-8-18(9-7-17)33(31,32)26(3)4/h6-13,20,28H,5,14-15H2,1-4H3/b21-19+/t20-/m1/s1. The van der Waals surface area contributed by atoms with Crippen molar-refractivity contribution in [3.05, 3.63) is 65.5 Å². The Labute approximate surface area is 194 Å². The number of hydrogen-bond donors (Lipinski definition) is 1. The zero-order chi connectivity index (χ0) is 24.3. The van der Waals surface area contributed by atoms with Gasteiger partial charge in [-0.2, -0.15) is 0 Å². The average molecular weight is 473 g/mol. The van der Waals surface area contributed by atoms with E-state index in [0.717, 1.165) is 10.8 Å². The molecule has 10 heteroatoms. The maximum atomic E-state index is 13.0. The van der Waals surface area contributed by atoms with Crippen LogP contribution in [0.5, 0.6) is 0 Å². The number of hydrogen-bond acceptors (Lipinski definition) is 7. The van der Waals surface area contributed by atoms with E-state index in [9.17, 15) is 23.1 Å². The number of nitrogens with zero attached hydrogens (tertiary/aromatic N) is 4. The van der Waals surface area contributed by atoms with Gasteiger partial charge in [-0.3, -0.25) is 14.6 Å². The Morgan fingerprint density at radius 2 is 1.64 bits per heavy atom. The molecule has 9 nitrogen and oxygen atoms in total. The van der Waals surface area contributed by atoms with Gasteiger partial charge < -0.3 is 14.9 Å². The molecule has 2 aromatic rings. The molecule has 3 rings (SSSR count). The topological polar surface area (TPSA) is 111 Å². The maximum absolute atomic E-state index is 13.0. The molecule has 1 aromatic heterocycles.